The van der Waals surface area contributed by atoms with Crippen LogP contribution in [0.1, 0.15) is 30.7 Å². The van der Waals surface area contributed by atoms with Crippen LogP contribution in [0.5, 0.6) is 0 Å². The van der Waals surface area contributed by atoms with Crippen LogP contribution in [0.25, 0.3) is 0 Å². The SMILES string of the molecule is c1ccc([C@@H]2C[C@H]2NC2C3CCC2CNC3)cc1. The van der Waals surface area contributed by atoms with Gasteiger partial charge in [0.05, 0.1) is 0 Å². The topological polar surface area (TPSA) is 24.1 Å². The molecule has 2 bridgehead atoms. The Morgan fingerprint density at radius 1 is 1.00 bits per heavy atom. The summed E-state index contributed by atoms with van der Waals surface area (Å²) in [5.74, 6) is 2.56. The highest BCUT2D eigenvalue weighted by Gasteiger charge is 2.45. The lowest BCUT2D eigenvalue weighted by atomic mass is 9.93. The minimum atomic E-state index is 0.749. The largest absolute Gasteiger partial charge is 0.316 e. The molecule has 0 amide bonds. The van der Waals surface area contributed by atoms with Crippen LogP contribution < -0.4 is 10.6 Å². The van der Waals surface area contributed by atoms with Crippen molar-refractivity contribution in [2.75, 3.05) is 13.1 Å². The van der Waals surface area contributed by atoms with E-state index in [9.17, 15) is 0 Å². The quantitative estimate of drug-likeness (QED) is 0.848. The number of piperidine rings is 1. The number of fused-ring (bicyclic) bond motifs is 2. The molecule has 3 fully saturated rings. The molecule has 2 aliphatic carbocycles. The van der Waals surface area contributed by atoms with Crippen molar-refractivity contribution in [2.24, 2.45) is 11.8 Å². The summed E-state index contributed by atoms with van der Waals surface area (Å²) in [5.41, 5.74) is 1.52. The second-order valence-corrected chi connectivity index (χ2v) is 6.31. The van der Waals surface area contributed by atoms with Crippen LogP contribution >= 0.6 is 0 Å². The van der Waals surface area contributed by atoms with Crippen molar-refractivity contribution in [1.29, 1.82) is 0 Å². The van der Waals surface area contributed by atoms with Gasteiger partial charge in [0.1, 0.15) is 0 Å². The predicted molar refractivity (Wildman–Crippen MR) is 73.6 cm³/mol. The van der Waals surface area contributed by atoms with Gasteiger partial charge in [0.15, 0.2) is 0 Å². The van der Waals surface area contributed by atoms with Gasteiger partial charge in [-0.25, -0.2) is 0 Å². The van der Waals surface area contributed by atoms with Crippen molar-refractivity contribution in [3.05, 3.63) is 35.9 Å². The molecule has 2 saturated carbocycles. The maximum absolute atomic E-state index is 3.96. The first-order chi connectivity index (χ1) is 8.92. The van der Waals surface area contributed by atoms with E-state index in [2.05, 4.69) is 41.0 Å². The molecular weight excluding hydrogens is 220 g/mol. The fourth-order valence-corrected chi connectivity index (χ4v) is 4.05. The fraction of sp³-hybridized carbons (Fsp3) is 0.625. The normalized spacial score (nSPS) is 41.9. The van der Waals surface area contributed by atoms with Crippen LogP contribution in [-0.2, 0) is 0 Å². The minimum absolute atomic E-state index is 0.749. The maximum atomic E-state index is 3.96. The Morgan fingerprint density at radius 3 is 2.44 bits per heavy atom. The van der Waals surface area contributed by atoms with E-state index in [0.717, 1.165) is 29.8 Å². The standard InChI is InChI=1S/C16H22N2/c1-2-4-11(5-3-1)14-8-15(14)18-16-12-6-7-13(16)10-17-9-12/h1-5,12-18H,6-10H2/t12?,13?,14-,15+,16?/m0/s1. The zero-order chi connectivity index (χ0) is 11.9. The smallest absolute Gasteiger partial charge is 0.0151 e. The molecule has 2 nitrogen and oxygen atoms in total. The Morgan fingerprint density at radius 2 is 1.72 bits per heavy atom. The van der Waals surface area contributed by atoms with Gasteiger partial charge in [-0.2, -0.15) is 0 Å². The first-order valence-electron chi connectivity index (χ1n) is 7.43. The van der Waals surface area contributed by atoms with E-state index in [1.165, 1.54) is 37.9 Å². The number of hydrogen-bond donors (Lipinski definition) is 2. The van der Waals surface area contributed by atoms with Gasteiger partial charge in [0.2, 0.25) is 0 Å². The lowest BCUT2D eigenvalue weighted by Gasteiger charge is -2.32. The van der Waals surface area contributed by atoms with Crippen LogP contribution in [0.15, 0.2) is 30.3 Å². The van der Waals surface area contributed by atoms with Crippen LogP contribution in [0.4, 0.5) is 0 Å². The van der Waals surface area contributed by atoms with E-state index < -0.39 is 0 Å². The Balaban J connectivity index is 1.40. The molecule has 4 rings (SSSR count). The molecule has 1 aliphatic heterocycles. The molecule has 18 heavy (non-hydrogen) atoms. The van der Waals surface area contributed by atoms with Gasteiger partial charge >= 0.3 is 0 Å². The van der Waals surface area contributed by atoms with Gasteiger partial charge in [-0.15, -0.1) is 0 Å². The molecule has 1 heterocycles. The monoisotopic (exact) mass is 242 g/mol. The van der Waals surface area contributed by atoms with Gasteiger partial charge in [0, 0.05) is 18.0 Å². The maximum Gasteiger partial charge on any atom is 0.0151 e. The summed E-state index contributed by atoms with van der Waals surface area (Å²) in [4.78, 5) is 0. The summed E-state index contributed by atoms with van der Waals surface area (Å²) in [6, 6.07) is 12.6. The lowest BCUT2D eigenvalue weighted by molar-refractivity contribution is 0.269. The second kappa shape index (κ2) is 4.36. The summed E-state index contributed by atoms with van der Waals surface area (Å²) in [5, 5.41) is 7.54. The molecule has 0 spiro atoms. The average Bonchev–Trinajstić information content (AvgIpc) is 3.14. The Labute approximate surface area is 109 Å². The van der Waals surface area contributed by atoms with Crippen molar-refractivity contribution < 1.29 is 0 Å². The zero-order valence-corrected chi connectivity index (χ0v) is 10.8. The number of hydrogen-bond acceptors (Lipinski definition) is 2. The first-order valence-corrected chi connectivity index (χ1v) is 7.43. The number of nitrogens with one attached hydrogen (secondary N) is 2. The summed E-state index contributed by atoms with van der Waals surface area (Å²) < 4.78 is 0. The van der Waals surface area contributed by atoms with E-state index in [0.29, 0.717) is 0 Å². The van der Waals surface area contributed by atoms with Crippen molar-refractivity contribution in [2.45, 2.75) is 37.3 Å². The highest BCUT2D eigenvalue weighted by molar-refractivity contribution is 5.28. The van der Waals surface area contributed by atoms with E-state index >= 15 is 0 Å². The Hall–Kier alpha value is -0.860. The van der Waals surface area contributed by atoms with Gasteiger partial charge < -0.3 is 10.6 Å². The molecule has 1 saturated heterocycles. The molecule has 0 radical (unpaired) electrons. The van der Waals surface area contributed by atoms with Crippen molar-refractivity contribution in [3.63, 3.8) is 0 Å². The Kier molecular flexibility index (Phi) is 2.66. The van der Waals surface area contributed by atoms with Crippen LogP contribution in [0.2, 0.25) is 0 Å². The molecule has 1 aromatic carbocycles. The molecule has 2 heteroatoms. The molecule has 3 aliphatic rings. The summed E-state index contributed by atoms with van der Waals surface area (Å²) >= 11 is 0. The third kappa shape index (κ3) is 1.88. The molecule has 2 N–H and O–H groups in total. The van der Waals surface area contributed by atoms with Crippen molar-refractivity contribution in [1.82, 2.24) is 10.6 Å². The minimum Gasteiger partial charge on any atom is -0.316 e. The van der Waals surface area contributed by atoms with E-state index in [1.807, 2.05) is 0 Å². The second-order valence-electron chi connectivity index (χ2n) is 6.31. The van der Waals surface area contributed by atoms with E-state index in [4.69, 9.17) is 0 Å². The molecule has 1 aromatic rings. The molecule has 2 unspecified atom stereocenters. The van der Waals surface area contributed by atoms with Gasteiger partial charge in [-0.05, 0) is 49.8 Å². The van der Waals surface area contributed by atoms with Crippen LogP contribution in [-0.4, -0.2) is 25.2 Å². The highest BCUT2D eigenvalue weighted by Crippen LogP contribution is 2.43. The molecule has 0 aromatic heterocycles. The van der Waals surface area contributed by atoms with Crippen molar-refractivity contribution in [3.8, 4) is 0 Å². The summed E-state index contributed by atoms with van der Waals surface area (Å²) in [6.07, 6.45) is 4.20. The van der Waals surface area contributed by atoms with Crippen LogP contribution in [0.3, 0.4) is 0 Å². The van der Waals surface area contributed by atoms with Gasteiger partial charge in [-0.1, -0.05) is 30.3 Å². The van der Waals surface area contributed by atoms with E-state index in [1.54, 1.807) is 0 Å². The van der Waals surface area contributed by atoms with Crippen molar-refractivity contribution >= 4 is 0 Å². The third-order valence-corrected chi connectivity index (χ3v) is 5.16. The average molecular weight is 242 g/mol. The van der Waals surface area contributed by atoms with Gasteiger partial charge in [-0.3, -0.25) is 0 Å². The predicted octanol–water partition coefficient (Wildman–Crippen LogP) is 2.13. The van der Waals surface area contributed by atoms with E-state index in [-0.39, 0.29) is 0 Å². The Bertz CT molecular complexity index is 400. The zero-order valence-electron chi connectivity index (χ0n) is 10.8. The number of rotatable bonds is 3. The van der Waals surface area contributed by atoms with Gasteiger partial charge in [0.25, 0.3) is 0 Å². The summed E-state index contributed by atoms with van der Waals surface area (Å²) in [7, 11) is 0. The van der Waals surface area contributed by atoms with Crippen LogP contribution in [0, 0.1) is 11.8 Å². The number of benzene rings is 1. The molecular formula is C16H22N2. The fourth-order valence-electron chi connectivity index (χ4n) is 4.05. The molecule has 96 valence electrons. The first kappa shape index (κ1) is 11.0. The highest BCUT2D eigenvalue weighted by atomic mass is 15.1. The third-order valence-electron chi connectivity index (χ3n) is 5.16. The lowest BCUT2D eigenvalue weighted by Crippen LogP contribution is -2.50. The summed E-state index contributed by atoms with van der Waals surface area (Å²) in [6.45, 7) is 2.47. The molecule has 4 atom stereocenters.